The molecule has 62 valence electrons. The van der Waals surface area contributed by atoms with Gasteiger partial charge in [-0.15, -0.1) is 11.3 Å². The molecular weight excluding hydrogens is 156 g/mol. The Bertz CT molecular complexity index is 215. The summed E-state index contributed by atoms with van der Waals surface area (Å²) >= 11 is 1.74. The third-order valence-corrected chi connectivity index (χ3v) is 2.68. The third kappa shape index (κ3) is 2.31. The molecule has 0 saturated heterocycles. The second-order valence-corrected chi connectivity index (χ2v) is 3.78. The summed E-state index contributed by atoms with van der Waals surface area (Å²) in [4.78, 5) is 1.34. The van der Waals surface area contributed by atoms with Gasteiger partial charge in [0.15, 0.2) is 0 Å². The number of aryl methyl sites for hydroxylation is 1. The van der Waals surface area contributed by atoms with Crippen LogP contribution in [0.1, 0.15) is 24.3 Å². The largest absolute Gasteiger partial charge is 0.393 e. The van der Waals surface area contributed by atoms with Crippen molar-refractivity contribution in [2.24, 2.45) is 0 Å². The van der Waals surface area contributed by atoms with Crippen LogP contribution in [-0.2, 0) is 12.8 Å². The van der Waals surface area contributed by atoms with Crippen molar-refractivity contribution < 1.29 is 5.11 Å². The highest BCUT2D eigenvalue weighted by atomic mass is 32.1. The van der Waals surface area contributed by atoms with E-state index in [4.69, 9.17) is 5.11 Å². The molecule has 0 spiro atoms. The van der Waals surface area contributed by atoms with Crippen molar-refractivity contribution in [3.05, 3.63) is 21.9 Å². The Labute approximate surface area is 71.7 Å². The number of aliphatic hydroxyl groups excluding tert-OH is 1. The first-order chi connectivity index (χ1) is 5.24. The van der Waals surface area contributed by atoms with E-state index in [9.17, 15) is 0 Å². The number of hydrogen-bond donors (Lipinski definition) is 1. The third-order valence-electron chi connectivity index (χ3n) is 1.70. The molecule has 0 bridgehead atoms. The van der Waals surface area contributed by atoms with Crippen LogP contribution in [0, 0.1) is 0 Å². The van der Waals surface area contributed by atoms with Gasteiger partial charge in [0, 0.05) is 11.3 Å². The quantitative estimate of drug-likeness (QED) is 0.737. The van der Waals surface area contributed by atoms with Crippen LogP contribution in [0.5, 0.6) is 0 Å². The molecule has 0 aromatic carbocycles. The fourth-order valence-corrected chi connectivity index (χ4v) is 2.23. The minimum absolute atomic E-state index is 0.209. The Kier molecular flexibility index (Phi) is 3.09. The molecule has 1 unspecified atom stereocenters. The number of hydrogen-bond acceptors (Lipinski definition) is 2. The monoisotopic (exact) mass is 170 g/mol. The van der Waals surface area contributed by atoms with Crippen molar-refractivity contribution in [3.8, 4) is 0 Å². The Morgan fingerprint density at radius 3 is 2.91 bits per heavy atom. The zero-order valence-electron chi connectivity index (χ0n) is 7.00. The van der Waals surface area contributed by atoms with Crippen LogP contribution in [0.4, 0.5) is 0 Å². The lowest BCUT2D eigenvalue weighted by atomic mass is 10.1. The normalized spacial score (nSPS) is 13.4. The van der Waals surface area contributed by atoms with Crippen molar-refractivity contribution >= 4 is 11.3 Å². The van der Waals surface area contributed by atoms with Gasteiger partial charge < -0.3 is 5.11 Å². The molecule has 1 rings (SSSR count). The second-order valence-electron chi connectivity index (χ2n) is 2.78. The van der Waals surface area contributed by atoms with Gasteiger partial charge in [-0.3, -0.25) is 0 Å². The molecule has 11 heavy (non-hydrogen) atoms. The summed E-state index contributed by atoms with van der Waals surface area (Å²) in [6.45, 7) is 3.98. The lowest BCUT2D eigenvalue weighted by Crippen LogP contribution is -2.03. The fourth-order valence-electron chi connectivity index (χ4n) is 1.13. The number of rotatable bonds is 3. The molecule has 0 amide bonds. The van der Waals surface area contributed by atoms with Gasteiger partial charge in [-0.25, -0.2) is 0 Å². The molecule has 0 fully saturated rings. The molecule has 1 aromatic heterocycles. The first kappa shape index (κ1) is 8.75. The van der Waals surface area contributed by atoms with E-state index in [-0.39, 0.29) is 6.10 Å². The Morgan fingerprint density at radius 1 is 1.64 bits per heavy atom. The maximum Gasteiger partial charge on any atom is 0.0560 e. The maximum atomic E-state index is 9.15. The van der Waals surface area contributed by atoms with Gasteiger partial charge in [-0.2, -0.15) is 0 Å². The van der Waals surface area contributed by atoms with Crippen LogP contribution in [0.2, 0.25) is 0 Å². The van der Waals surface area contributed by atoms with E-state index in [1.165, 1.54) is 10.4 Å². The van der Waals surface area contributed by atoms with E-state index in [0.717, 1.165) is 12.8 Å². The Hall–Kier alpha value is -0.340. The first-order valence-corrected chi connectivity index (χ1v) is 4.85. The minimum Gasteiger partial charge on any atom is -0.393 e. The van der Waals surface area contributed by atoms with Gasteiger partial charge in [0.05, 0.1) is 6.10 Å². The molecule has 2 heteroatoms. The predicted molar refractivity (Wildman–Crippen MR) is 49.1 cm³/mol. The second kappa shape index (κ2) is 3.88. The number of aliphatic hydroxyl groups is 1. The van der Waals surface area contributed by atoms with Crippen LogP contribution in [-0.4, -0.2) is 11.2 Å². The van der Waals surface area contributed by atoms with E-state index >= 15 is 0 Å². The highest BCUT2D eigenvalue weighted by molar-refractivity contribution is 7.10. The SMILES string of the molecule is CCc1ccsc1CC(C)O. The molecule has 1 N–H and O–H groups in total. The van der Waals surface area contributed by atoms with Crippen molar-refractivity contribution in [3.63, 3.8) is 0 Å². The predicted octanol–water partition coefficient (Wildman–Crippen LogP) is 2.23. The first-order valence-electron chi connectivity index (χ1n) is 3.97. The van der Waals surface area contributed by atoms with E-state index in [0.29, 0.717) is 0 Å². The molecule has 1 atom stereocenters. The lowest BCUT2D eigenvalue weighted by Gasteiger charge is -2.03. The zero-order chi connectivity index (χ0) is 8.27. The molecule has 0 aliphatic heterocycles. The van der Waals surface area contributed by atoms with Crippen LogP contribution < -0.4 is 0 Å². The van der Waals surface area contributed by atoms with Gasteiger partial charge in [0.2, 0.25) is 0 Å². The van der Waals surface area contributed by atoms with E-state index in [2.05, 4.69) is 18.4 Å². The van der Waals surface area contributed by atoms with Gasteiger partial charge in [-0.1, -0.05) is 6.92 Å². The summed E-state index contributed by atoms with van der Waals surface area (Å²) in [6.07, 6.45) is 1.67. The highest BCUT2D eigenvalue weighted by Crippen LogP contribution is 2.18. The van der Waals surface area contributed by atoms with Crippen molar-refractivity contribution in [1.29, 1.82) is 0 Å². The molecule has 1 nitrogen and oxygen atoms in total. The van der Waals surface area contributed by atoms with Gasteiger partial charge >= 0.3 is 0 Å². The fraction of sp³-hybridized carbons (Fsp3) is 0.556. The summed E-state index contributed by atoms with van der Waals surface area (Å²) in [5, 5.41) is 11.2. The summed E-state index contributed by atoms with van der Waals surface area (Å²) in [5.74, 6) is 0. The zero-order valence-corrected chi connectivity index (χ0v) is 7.82. The molecule has 0 radical (unpaired) electrons. The lowest BCUT2D eigenvalue weighted by molar-refractivity contribution is 0.196. The van der Waals surface area contributed by atoms with Crippen LogP contribution in [0.3, 0.4) is 0 Å². The molecule has 1 aromatic rings. The van der Waals surface area contributed by atoms with Gasteiger partial charge in [0.1, 0.15) is 0 Å². The summed E-state index contributed by atoms with van der Waals surface area (Å²) in [6, 6.07) is 2.14. The van der Waals surface area contributed by atoms with Crippen LogP contribution >= 0.6 is 11.3 Å². The Morgan fingerprint density at radius 2 is 2.36 bits per heavy atom. The summed E-state index contributed by atoms with van der Waals surface area (Å²) in [7, 11) is 0. The van der Waals surface area contributed by atoms with Crippen molar-refractivity contribution in [2.75, 3.05) is 0 Å². The van der Waals surface area contributed by atoms with Crippen molar-refractivity contribution in [2.45, 2.75) is 32.8 Å². The molecule has 0 aliphatic rings. The molecule has 0 aliphatic carbocycles. The van der Waals surface area contributed by atoms with Gasteiger partial charge in [0.25, 0.3) is 0 Å². The average molecular weight is 170 g/mol. The van der Waals surface area contributed by atoms with Crippen LogP contribution in [0.15, 0.2) is 11.4 Å². The molecule has 0 saturated carbocycles. The Balaban J connectivity index is 2.68. The van der Waals surface area contributed by atoms with E-state index in [1.807, 2.05) is 6.92 Å². The van der Waals surface area contributed by atoms with E-state index in [1.54, 1.807) is 11.3 Å². The summed E-state index contributed by atoms with van der Waals surface area (Å²) in [5.41, 5.74) is 1.39. The van der Waals surface area contributed by atoms with Crippen molar-refractivity contribution in [1.82, 2.24) is 0 Å². The summed E-state index contributed by atoms with van der Waals surface area (Å²) < 4.78 is 0. The molecular formula is C9H14OS. The maximum absolute atomic E-state index is 9.15. The highest BCUT2D eigenvalue weighted by Gasteiger charge is 2.04. The number of thiophene rings is 1. The standard InChI is InChI=1S/C9H14OS/c1-3-8-4-5-11-9(8)6-7(2)10/h4-5,7,10H,3,6H2,1-2H3. The minimum atomic E-state index is -0.209. The van der Waals surface area contributed by atoms with Gasteiger partial charge in [-0.05, 0) is 30.4 Å². The van der Waals surface area contributed by atoms with E-state index < -0.39 is 0 Å². The topological polar surface area (TPSA) is 20.2 Å². The smallest absolute Gasteiger partial charge is 0.0560 e. The molecule has 1 heterocycles. The van der Waals surface area contributed by atoms with Crippen LogP contribution in [0.25, 0.3) is 0 Å². The average Bonchev–Trinajstić information content (AvgIpc) is 2.34.